The number of H-pyrrole nitrogens is 1. The number of fused-ring (bicyclic) bond motifs is 3. The Kier molecular flexibility index (Phi) is 8.35. The molecule has 0 radical (unpaired) electrons. The van der Waals surface area contributed by atoms with Gasteiger partial charge < -0.3 is 24.1 Å². The van der Waals surface area contributed by atoms with Gasteiger partial charge >= 0.3 is 5.97 Å². The number of aromatic amines is 1. The number of carbonyl (C=O) groups excluding carboxylic acids is 2. The molecule has 0 saturated carbocycles. The van der Waals surface area contributed by atoms with Gasteiger partial charge in [-0.2, -0.15) is 0 Å². The topological polar surface area (TPSA) is 97.0 Å². The van der Waals surface area contributed by atoms with E-state index in [1.165, 1.54) is 19.3 Å². The highest BCUT2D eigenvalue weighted by molar-refractivity contribution is 6.18. The summed E-state index contributed by atoms with van der Waals surface area (Å²) in [5, 5.41) is 0. The molecular weight excluding hydrogens is 520 g/mol. The number of piperidine rings is 1. The summed E-state index contributed by atoms with van der Waals surface area (Å²) in [6, 6.07) is 10.9. The number of ether oxygens (including phenoxy) is 3. The van der Waals surface area contributed by atoms with E-state index in [0.29, 0.717) is 35.8 Å². The van der Waals surface area contributed by atoms with Crippen LogP contribution in [0.25, 0.3) is 16.6 Å². The lowest BCUT2D eigenvalue weighted by Gasteiger charge is -2.29. The van der Waals surface area contributed by atoms with Gasteiger partial charge in [0.25, 0.3) is 5.91 Å². The third kappa shape index (κ3) is 6.25. The minimum atomic E-state index is -0.559. The lowest BCUT2D eigenvalue weighted by atomic mass is 9.83. The molecule has 41 heavy (non-hydrogen) atoms. The first-order valence-electron chi connectivity index (χ1n) is 14.4. The molecule has 0 atom stereocenters. The van der Waals surface area contributed by atoms with Crippen molar-refractivity contribution in [3.63, 3.8) is 0 Å². The van der Waals surface area contributed by atoms with Gasteiger partial charge in [-0.15, -0.1) is 0 Å². The molecule has 1 saturated heterocycles. The fraction of sp³-hybridized carbons (Fsp3) is 0.469. The highest BCUT2D eigenvalue weighted by Gasteiger charge is 2.38. The number of aromatic nitrogens is 2. The number of pyridine rings is 1. The van der Waals surface area contributed by atoms with Crippen LogP contribution in [0.4, 0.5) is 0 Å². The van der Waals surface area contributed by atoms with Gasteiger partial charge in [0.2, 0.25) is 5.88 Å². The predicted molar refractivity (Wildman–Crippen MR) is 158 cm³/mol. The highest BCUT2D eigenvalue weighted by Crippen LogP contribution is 2.40. The minimum Gasteiger partial charge on any atom is -0.492 e. The second-order valence-electron chi connectivity index (χ2n) is 11.7. The zero-order valence-electron chi connectivity index (χ0n) is 24.7. The number of carbonyl (C=O) groups is 2. The monoisotopic (exact) mass is 560 g/mol. The Labute approximate surface area is 241 Å². The number of methoxy groups -OCH3 is 1. The maximum absolute atomic E-state index is 13.8. The smallest absolute Gasteiger partial charge is 0.342 e. The molecule has 2 aliphatic rings. The highest BCUT2D eigenvalue weighted by atomic mass is 16.5. The molecule has 218 valence electrons. The van der Waals surface area contributed by atoms with Crippen molar-refractivity contribution in [3.8, 4) is 11.6 Å². The Hall–Kier alpha value is -3.85. The molecule has 4 heterocycles. The first kappa shape index (κ1) is 28.7. The Morgan fingerprint density at radius 3 is 2.46 bits per heavy atom. The average Bonchev–Trinajstić information content (AvgIpc) is 3.29. The third-order valence-corrected chi connectivity index (χ3v) is 7.67. The first-order chi connectivity index (χ1) is 19.7. The molecule has 1 aromatic carbocycles. The summed E-state index contributed by atoms with van der Waals surface area (Å²) in [4.78, 5) is 39.3. The lowest BCUT2D eigenvalue weighted by molar-refractivity contribution is -0.140. The van der Waals surface area contributed by atoms with Crippen LogP contribution in [0, 0.1) is 0 Å². The van der Waals surface area contributed by atoms with Crippen molar-refractivity contribution < 1.29 is 23.8 Å². The van der Waals surface area contributed by atoms with Gasteiger partial charge in [-0.25, -0.2) is 9.78 Å². The number of rotatable bonds is 8. The van der Waals surface area contributed by atoms with E-state index >= 15 is 0 Å². The maximum Gasteiger partial charge on any atom is 0.342 e. The zero-order chi connectivity index (χ0) is 29.1. The summed E-state index contributed by atoms with van der Waals surface area (Å²) >= 11 is 0. The lowest BCUT2D eigenvalue weighted by Crippen LogP contribution is -2.37. The molecule has 3 aromatic rings. The second kappa shape index (κ2) is 11.9. The van der Waals surface area contributed by atoms with E-state index in [1.807, 2.05) is 32.0 Å². The van der Waals surface area contributed by atoms with Gasteiger partial charge in [0, 0.05) is 41.9 Å². The van der Waals surface area contributed by atoms with E-state index in [-0.39, 0.29) is 17.6 Å². The first-order valence-corrected chi connectivity index (χ1v) is 14.4. The summed E-state index contributed by atoms with van der Waals surface area (Å²) in [7, 11) is 1.57. The Morgan fingerprint density at radius 2 is 1.78 bits per heavy atom. The van der Waals surface area contributed by atoms with Gasteiger partial charge in [0.15, 0.2) is 0 Å². The number of nitrogens with zero attached hydrogens (tertiary/aromatic N) is 3. The molecule has 2 aliphatic heterocycles. The summed E-state index contributed by atoms with van der Waals surface area (Å²) in [6.45, 7) is 11.8. The fourth-order valence-electron chi connectivity index (χ4n) is 5.69. The van der Waals surface area contributed by atoms with Gasteiger partial charge in [0.05, 0.1) is 35.5 Å². The van der Waals surface area contributed by atoms with E-state index in [2.05, 4.69) is 9.88 Å². The van der Waals surface area contributed by atoms with Crippen LogP contribution in [-0.4, -0.2) is 77.6 Å². The van der Waals surface area contributed by atoms with Gasteiger partial charge in [-0.3, -0.25) is 9.69 Å². The van der Waals surface area contributed by atoms with Gasteiger partial charge in [-0.05, 0) is 70.1 Å². The largest absolute Gasteiger partial charge is 0.492 e. The molecule has 0 spiro atoms. The number of hydrogen-bond donors (Lipinski definition) is 1. The number of hydrogen-bond acceptors (Lipinski definition) is 7. The molecule has 1 fully saturated rings. The number of benzene rings is 1. The van der Waals surface area contributed by atoms with E-state index < -0.39 is 11.4 Å². The molecule has 5 rings (SSSR count). The quantitative estimate of drug-likeness (QED) is 0.380. The fourth-order valence-corrected chi connectivity index (χ4v) is 5.69. The Bertz CT molecular complexity index is 1430. The molecule has 1 amide bonds. The molecule has 1 N–H and O–H groups in total. The van der Waals surface area contributed by atoms with Crippen LogP contribution in [0.15, 0.2) is 42.6 Å². The SMILES string of the molecule is COc1ccc2[nH]c3c(c2n1)C(C)(C)CN(C(=O)c1ccc(OCCN2CCCCC2)cc1)C=C3C(=O)OC(C)C. The van der Waals surface area contributed by atoms with E-state index in [4.69, 9.17) is 19.2 Å². The van der Waals surface area contributed by atoms with Crippen LogP contribution < -0.4 is 9.47 Å². The third-order valence-electron chi connectivity index (χ3n) is 7.67. The normalized spacial score (nSPS) is 17.1. The van der Waals surface area contributed by atoms with Crippen LogP contribution >= 0.6 is 0 Å². The zero-order valence-corrected chi connectivity index (χ0v) is 24.7. The summed E-state index contributed by atoms with van der Waals surface area (Å²) in [5.41, 5.74) is 3.15. The standard InChI is InChI=1S/C32H40N4O5/c1-21(2)41-31(38)24-19-36(20-32(3,4)27-28(24)33-25-13-14-26(39-5)34-29(25)27)30(37)22-9-11-23(12-10-22)40-18-17-35-15-7-6-8-16-35/h9-14,19,21,33H,6-8,15-18,20H2,1-5H3. The maximum atomic E-state index is 13.8. The van der Waals surface area contributed by atoms with Crippen LogP contribution in [-0.2, 0) is 14.9 Å². The second-order valence-corrected chi connectivity index (χ2v) is 11.7. The van der Waals surface area contributed by atoms with E-state index in [9.17, 15) is 9.59 Å². The number of nitrogens with one attached hydrogen (secondary N) is 1. The number of likely N-dealkylation sites (tertiary alicyclic amines) is 1. The van der Waals surface area contributed by atoms with Crippen molar-refractivity contribution in [2.75, 3.05) is 39.9 Å². The van der Waals surface area contributed by atoms with Crippen LogP contribution in [0.1, 0.15) is 68.6 Å². The summed E-state index contributed by atoms with van der Waals surface area (Å²) < 4.78 is 17.0. The summed E-state index contributed by atoms with van der Waals surface area (Å²) in [6.07, 6.45) is 5.10. The summed E-state index contributed by atoms with van der Waals surface area (Å²) in [5.74, 6) is 0.481. The van der Waals surface area contributed by atoms with Gasteiger partial charge in [-0.1, -0.05) is 20.3 Å². The van der Waals surface area contributed by atoms with E-state index in [0.717, 1.165) is 36.5 Å². The van der Waals surface area contributed by atoms with Crippen molar-refractivity contribution in [2.45, 2.75) is 58.5 Å². The van der Waals surface area contributed by atoms with Crippen LogP contribution in [0.5, 0.6) is 11.6 Å². The number of amides is 1. The van der Waals surface area contributed by atoms with Crippen molar-refractivity contribution in [1.29, 1.82) is 0 Å². The Balaban J connectivity index is 1.42. The Morgan fingerprint density at radius 1 is 1.05 bits per heavy atom. The predicted octanol–water partition coefficient (Wildman–Crippen LogP) is 5.16. The minimum absolute atomic E-state index is 0.215. The van der Waals surface area contributed by atoms with E-state index in [1.54, 1.807) is 50.3 Å². The van der Waals surface area contributed by atoms with Crippen molar-refractivity contribution in [2.24, 2.45) is 0 Å². The van der Waals surface area contributed by atoms with Gasteiger partial charge in [0.1, 0.15) is 12.4 Å². The molecule has 0 bridgehead atoms. The van der Waals surface area contributed by atoms with Crippen molar-refractivity contribution in [1.82, 2.24) is 19.8 Å². The average molecular weight is 561 g/mol. The van der Waals surface area contributed by atoms with Crippen molar-refractivity contribution in [3.05, 3.63) is 59.4 Å². The van der Waals surface area contributed by atoms with Crippen molar-refractivity contribution >= 4 is 28.5 Å². The number of esters is 1. The van der Waals surface area contributed by atoms with Crippen LogP contribution in [0.2, 0.25) is 0 Å². The van der Waals surface area contributed by atoms with Crippen LogP contribution in [0.3, 0.4) is 0 Å². The molecule has 0 aliphatic carbocycles. The molecule has 9 heteroatoms. The molecule has 9 nitrogen and oxygen atoms in total. The molecular formula is C32H40N4O5. The molecule has 2 aromatic heterocycles. The molecule has 0 unspecified atom stereocenters.